The fraction of sp³-hybridized carbons (Fsp3) is 0.308. The van der Waals surface area contributed by atoms with Gasteiger partial charge in [0.05, 0.1) is 5.57 Å². The molecule has 3 heteroatoms. The quantitative estimate of drug-likeness (QED) is 0.739. The lowest BCUT2D eigenvalue weighted by atomic mass is 9.98. The van der Waals surface area contributed by atoms with Gasteiger partial charge < -0.3 is 11.1 Å². The molecule has 3 N–H and O–H groups in total. The van der Waals surface area contributed by atoms with Crippen LogP contribution in [0.25, 0.3) is 5.57 Å². The summed E-state index contributed by atoms with van der Waals surface area (Å²) >= 11 is 0. The molecule has 0 unspecified atom stereocenters. The highest BCUT2D eigenvalue weighted by molar-refractivity contribution is 6.19. The number of piperidine rings is 1. The Morgan fingerprint density at radius 2 is 1.94 bits per heavy atom. The molecule has 16 heavy (non-hydrogen) atoms. The molecule has 3 nitrogen and oxygen atoms in total. The molecule has 2 rings (SSSR count). The summed E-state index contributed by atoms with van der Waals surface area (Å²) in [6.45, 7) is 0.930. The summed E-state index contributed by atoms with van der Waals surface area (Å²) in [6, 6.07) is 9.61. The van der Waals surface area contributed by atoms with Crippen LogP contribution in [0.5, 0.6) is 0 Å². The first-order valence-corrected chi connectivity index (χ1v) is 5.61. The van der Waals surface area contributed by atoms with Crippen molar-refractivity contribution in [2.24, 2.45) is 5.73 Å². The van der Waals surface area contributed by atoms with Gasteiger partial charge in [-0.15, -0.1) is 0 Å². The summed E-state index contributed by atoms with van der Waals surface area (Å²) in [5, 5.41) is 3.28. The Labute approximate surface area is 95.3 Å². The van der Waals surface area contributed by atoms with Crippen molar-refractivity contribution in [3.8, 4) is 0 Å². The van der Waals surface area contributed by atoms with Gasteiger partial charge in [0, 0.05) is 12.2 Å². The van der Waals surface area contributed by atoms with Crippen LogP contribution in [0.2, 0.25) is 0 Å². The average molecular weight is 216 g/mol. The van der Waals surface area contributed by atoms with Crippen LogP contribution in [0.3, 0.4) is 0 Å². The van der Waals surface area contributed by atoms with E-state index in [9.17, 15) is 4.79 Å². The third-order valence-corrected chi connectivity index (χ3v) is 2.80. The van der Waals surface area contributed by atoms with Crippen molar-refractivity contribution in [3.05, 3.63) is 41.6 Å². The minimum absolute atomic E-state index is 0.351. The molecule has 0 bridgehead atoms. The number of nitrogens with two attached hydrogens (primary N) is 1. The van der Waals surface area contributed by atoms with Gasteiger partial charge in [-0.3, -0.25) is 4.79 Å². The van der Waals surface area contributed by atoms with Crippen LogP contribution in [0.4, 0.5) is 0 Å². The molecular formula is C13H16N2O. The minimum atomic E-state index is -0.351. The van der Waals surface area contributed by atoms with Crippen molar-refractivity contribution in [1.82, 2.24) is 5.32 Å². The maximum atomic E-state index is 11.5. The van der Waals surface area contributed by atoms with E-state index in [2.05, 4.69) is 5.32 Å². The predicted molar refractivity (Wildman–Crippen MR) is 64.4 cm³/mol. The average Bonchev–Trinajstić information content (AvgIpc) is 2.31. The molecule has 1 aliphatic rings. The zero-order chi connectivity index (χ0) is 11.4. The first-order chi connectivity index (χ1) is 7.79. The standard InChI is InChI=1S/C13H16N2O/c14-13(16)12(10-6-2-1-3-7-10)11-8-4-5-9-15-11/h1-3,6-7,15H,4-5,8-9H2,(H2,14,16)/b12-11+. The highest BCUT2D eigenvalue weighted by Gasteiger charge is 2.16. The lowest BCUT2D eigenvalue weighted by Crippen LogP contribution is -2.25. The van der Waals surface area contributed by atoms with Crippen LogP contribution >= 0.6 is 0 Å². The number of primary amides is 1. The summed E-state index contributed by atoms with van der Waals surface area (Å²) in [6.07, 6.45) is 3.18. The van der Waals surface area contributed by atoms with Crippen molar-refractivity contribution < 1.29 is 4.79 Å². The second-order valence-electron chi connectivity index (χ2n) is 3.97. The summed E-state index contributed by atoms with van der Waals surface area (Å²) < 4.78 is 0. The van der Waals surface area contributed by atoms with E-state index in [1.165, 1.54) is 0 Å². The molecule has 0 aromatic heterocycles. The number of amides is 1. The number of hydrogen-bond acceptors (Lipinski definition) is 2. The molecule has 1 amide bonds. The maximum absolute atomic E-state index is 11.5. The van der Waals surface area contributed by atoms with Crippen LogP contribution in [0, 0.1) is 0 Å². The molecule has 1 saturated heterocycles. The Morgan fingerprint density at radius 1 is 1.19 bits per heavy atom. The van der Waals surface area contributed by atoms with E-state index < -0.39 is 0 Å². The van der Waals surface area contributed by atoms with E-state index in [-0.39, 0.29) is 5.91 Å². The molecule has 0 radical (unpaired) electrons. The number of rotatable bonds is 2. The van der Waals surface area contributed by atoms with Crippen molar-refractivity contribution in [2.45, 2.75) is 19.3 Å². The van der Waals surface area contributed by atoms with Crippen molar-refractivity contribution in [2.75, 3.05) is 6.54 Å². The Bertz CT molecular complexity index is 401. The van der Waals surface area contributed by atoms with Crippen LogP contribution in [0.15, 0.2) is 36.0 Å². The molecule has 0 spiro atoms. The van der Waals surface area contributed by atoms with Gasteiger partial charge in [-0.05, 0) is 24.8 Å². The fourth-order valence-electron chi connectivity index (χ4n) is 2.04. The summed E-state index contributed by atoms with van der Waals surface area (Å²) in [7, 11) is 0. The van der Waals surface area contributed by atoms with Gasteiger partial charge in [0.15, 0.2) is 0 Å². The van der Waals surface area contributed by atoms with Crippen molar-refractivity contribution >= 4 is 11.5 Å². The second-order valence-corrected chi connectivity index (χ2v) is 3.97. The zero-order valence-corrected chi connectivity index (χ0v) is 9.20. The first kappa shape index (κ1) is 10.7. The molecule has 1 aromatic rings. The van der Waals surface area contributed by atoms with Gasteiger partial charge in [-0.1, -0.05) is 30.3 Å². The second kappa shape index (κ2) is 4.84. The van der Waals surface area contributed by atoms with Crippen LogP contribution in [-0.4, -0.2) is 12.5 Å². The Balaban J connectivity index is 2.41. The minimum Gasteiger partial charge on any atom is -0.388 e. The van der Waals surface area contributed by atoms with E-state index in [1.54, 1.807) is 0 Å². The zero-order valence-electron chi connectivity index (χ0n) is 9.20. The third kappa shape index (κ3) is 2.24. The third-order valence-electron chi connectivity index (χ3n) is 2.80. The Morgan fingerprint density at radius 3 is 2.50 bits per heavy atom. The molecule has 1 fully saturated rings. The lowest BCUT2D eigenvalue weighted by molar-refractivity contribution is -0.112. The van der Waals surface area contributed by atoms with Gasteiger partial charge in [0.25, 0.3) is 5.91 Å². The maximum Gasteiger partial charge on any atom is 0.251 e. The van der Waals surface area contributed by atoms with Crippen molar-refractivity contribution in [1.29, 1.82) is 0 Å². The molecule has 0 saturated carbocycles. The number of carbonyl (C=O) groups is 1. The van der Waals surface area contributed by atoms with Gasteiger partial charge >= 0.3 is 0 Å². The van der Waals surface area contributed by atoms with Gasteiger partial charge in [0.1, 0.15) is 0 Å². The lowest BCUT2D eigenvalue weighted by Gasteiger charge is -2.20. The number of nitrogens with one attached hydrogen (secondary N) is 1. The highest BCUT2D eigenvalue weighted by Crippen LogP contribution is 2.22. The van der Waals surface area contributed by atoms with E-state index in [1.807, 2.05) is 30.3 Å². The first-order valence-electron chi connectivity index (χ1n) is 5.61. The fourth-order valence-corrected chi connectivity index (χ4v) is 2.04. The molecule has 1 heterocycles. The monoisotopic (exact) mass is 216 g/mol. The molecular weight excluding hydrogens is 200 g/mol. The van der Waals surface area contributed by atoms with E-state index in [0.29, 0.717) is 5.57 Å². The molecule has 1 aromatic carbocycles. The molecule has 0 aliphatic carbocycles. The SMILES string of the molecule is NC(=O)/C(=C1\CCCCN1)c1ccccc1. The topological polar surface area (TPSA) is 55.1 Å². The number of carbonyl (C=O) groups excluding carboxylic acids is 1. The summed E-state index contributed by atoms with van der Waals surface area (Å²) in [4.78, 5) is 11.5. The largest absolute Gasteiger partial charge is 0.388 e. The van der Waals surface area contributed by atoms with Gasteiger partial charge in [0.2, 0.25) is 0 Å². The summed E-state index contributed by atoms with van der Waals surface area (Å²) in [5.74, 6) is -0.351. The Kier molecular flexibility index (Phi) is 3.25. The number of allylic oxidation sites excluding steroid dienone is 1. The van der Waals surface area contributed by atoms with Crippen LogP contribution < -0.4 is 11.1 Å². The van der Waals surface area contributed by atoms with Crippen molar-refractivity contribution in [3.63, 3.8) is 0 Å². The van der Waals surface area contributed by atoms with Gasteiger partial charge in [-0.25, -0.2) is 0 Å². The van der Waals surface area contributed by atoms with E-state index in [4.69, 9.17) is 5.73 Å². The molecule has 1 aliphatic heterocycles. The van der Waals surface area contributed by atoms with E-state index >= 15 is 0 Å². The van der Waals surface area contributed by atoms with E-state index in [0.717, 1.165) is 37.1 Å². The van der Waals surface area contributed by atoms with Crippen LogP contribution in [0.1, 0.15) is 24.8 Å². The highest BCUT2D eigenvalue weighted by atomic mass is 16.1. The molecule has 84 valence electrons. The predicted octanol–water partition coefficient (Wildman–Crippen LogP) is 1.66. The van der Waals surface area contributed by atoms with Gasteiger partial charge in [-0.2, -0.15) is 0 Å². The number of benzene rings is 1. The summed E-state index contributed by atoms with van der Waals surface area (Å²) in [5.41, 5.74) is 7.99. The smallest absolute Gasteiger partial charge is 0.251 e. The molecule has 0 atom stereocenters. The van der Waals surface area contributed by atoms with Crippen LogP contribution in [-0.2, 0) is 4.79 Å². The Hall–Kier alpha value is -1.77. The number of hydrogen-bond donors (Lipinski definition) is 2. The normalized spacial score (nSPS) is 18.8.